The van der Waals surface area contributed by atoms with E-state index in [1.54, 1.807) is 15.8 Å². The summed E-state index contributed by atoms with van der Waals surface area (Å²) in [5, 5.41) is 4.30. The number of aromatic nitrogens is 3. The number of nitrogens with zero attached hydrogens (tertiary/aromatic N) is 4. The molecule has 21 heavy (non-hydrogen) atoms. The summed E-state index contributed by atoms with van der Waals surface area (Å²) < 4.78 is 1.66. The van der Waals surface area contributed by atoms with Gasteiger partial charge in [0.25, 0.3) is 5.91 Å². The number of aryl methyl sites for hydroxylation is 2. The third-order valence-electron chi connectivity index (χ3n) is 3.42. The molecule has 0 bridgehead atoms. The molecule has 0 radical (unpaired) electrons. The van der Waals surface area contributed by atoms with E-state index in [1.165, 1.54) is 0 Å². The maximum atomic E-state index is 12.8. The molecule has 0 aliphatic heterocycles. The number of nitrogens with two attached hydrogens (primary N) is 1. The number of pyridine rings is 1. The summed E-state index contributed by atoms with van der Waals surface area (Å²) in [6, 6.07) is 5.67. The minimum atomic E-state index is -0.108. The molecule has 0 saturated carbocycles. The Morgan fingerprint density at radius 3 is 2.71 bits per heavy atom. The first-order chi connectivity index (χ1) is 10.1. The second-order valence-corrected chi connectivity index (χ2v) is 4.80. The van der Waals surface area contributed by atoms with Gasteiger partial charge in [-0.15, -0.1) is 0 Å². The Balaban J connectivity index is 2.28. The lowest BCUT2D eigenvalue weighted by Gasteiger charge is -2.21. The first-order valence-corrected chi connectivity index (χ1v) is 7.10. The minimum absolute atomic E-state index is 0.108. The molecule has 2 N–H and O–H groups in total. The fraction of sp³-hybridized carbons (Fsp3) is 0.400. The van der Waals surface area contributed by atoms with Crippen molar-refractivity contribution in [2.75, 3.05) is 12.3 Å². The van der Waals surface area contributed by atoms with Crippen LogP contribution in [0.3, 0.4) is 0 Å². The van der Waals surface area contributed by atoms with E-state index in [0.29, 0.717) is 36.7 Å². The van der Waals surface area contributed by atoms with Crippen LogP contribution in [0.1, 0.15) is 35.7 Å². The van der Waals surface area contributed by atoms with Gasteiger partial charge in [0, 0.05) is 19.3 Å². The van der Waals surface area contributed by atoms with Gasteiger partial charge in [0.2, 0.25) is 0 Å². The fourth-order valence-corrected chi connectivity index (χ4v) is 2.21. The Bertz CT molecular complexity index is 620. The summed E-state index contributed by atoms with van der Waals surface area (Å²) in [7, 11) is 0. The Morgan fingerprint density at radius 1 is 1.38 bits per heavy atom. The molecule has 0 atom stereocenters. The average molecular weight is 287 g/mol. The zero-order valence-electron chi connectivity index (χ0n) is 12.7. The predicted octanol–water partition coefficient (Wildman–Crippen LogP) is 1.85. The fourth-order valence-electron chi connectivity index (χ4n) is 2.21. The molecule has 0 aliphatic rings. The van der Waals surface area contributed by atoms with Crippen LogP contribution in [-0.2, 0) is 13.1 Å². The number of hydrogen-bond donors (Lipinski definition) is 1. The molecule has 0 fully saturated rings. The van der Waals surface area contributed by atoms with Gasteiger partial charge in [0.05, 0.1) is 23.6 Å². The highest BCUT2D eigenvalue weighted by atomic mass is 16.2. The third kappa shape index (κ3) is 3.04. The molecule has 2 heterocycles. The number of rotatable bonds is 5. The van der Waals surface area contributed by atoms with Crippen molar-refractivity contribution >= 4 is 11.6 Å². The lowest BCUT2D eigenvalue weighted by molar-refractivity contribution is 0.0739. The molecular weight excluding hydrogens is 266 g/mol. The Hall–Kier alpha value is -2.37. The van der Waals surface area contributed by atoms with Gasteiger partial charge in [-0.1, -0.05) is 6.07 Å². The minimum Gasteiger partial charge on any atom is -0.395 e. The van der Waals surface area contributed by atoms with E-state index in [0.717, 1.165) is 5.69 Å². The maximum absolute atomic E-state index is 12.8. The molecular formula is C15H21N5O. The number of amides is 1. The second kappa shape index (κ2) is 6.39. The predicted molar refractivity (Wildman–Crippen MR) is 81.7 cm³/mol. The largest absolute Gasteiger partial charge is 0.395 e. The van der Waals surface area contributed by atoms with E-state index in [2.05, 4.69) is 10.1 Å². The van der Waals surface area contributed by atoms with Gasteiger partial charge in [-0.2, -0.15) is 5.10 Å². The van der Waals surface area contributed by atoms with Crippen molar-refractivity contribution < 1.29 is 4.79 Å². The Morgan fingerprint density at radius 2 is 2.14 bits per heavy atom. The van der Waals surface area contributed by atoms with E-state index in [1.807, 2.05) is 39.0 Å². The summed E-state index contributed by atoms with van der Waals surface area (Å²) in [5.41, 5.74) is 8.49. The summed E-state index contributed by atoms with van der Waals surface area (Å²) in [4.78, 5) is 18.7. The van der Waals surface area contributed by atoms with Crippen LogP contribution >= 0.6 is 0 Å². The quantitative estimate of drug-likeness (QED) is 0.910. The smallest absolute Gasteiger partial charge is 0.274 e. The van der Waals surface area contributed by atoms with Gasteiger partial charge in [0.15, 0.2) is 0 Å². The number of nitrogen functional groups attached to an aromatic ring is 1. The summed E-state index contributed by atoms with van der Waals surface area (Å²) in [6.07, 6.45) is 1.72. The number of hydrogen-bond acceptors (Lipinski definition) is 4. The molecule has 112 valence electrons. The highest BCUT2D eigenvalue weighted by Crippen LogP contribution is 2.19. The first kappa shape index (κ1) is 15.0. The normalized spacial score (nSPS) is 10.6. The van der Waals surface area contributed by atoms with E-state index >= 15 is 0 Å². The second-order valence-electron chi connectivity index (χ2n) is 4.80. The van der Waals surface area contributed by atoms with Crippen LogP contribution in [-0.4, -0.2) is 32.1 Å². The Labute approximate surface area is 124 Å². The van der Waals surface area contributed by atoms with Gasteiger partial charge < -0.3 is 10.6 Å². The van der Waals surface area contributed by atoms with Crippen molar-refractivity contribution in [1.82, 2.24) is 19.7 Å². The van der Waals surface area contributed by atoms with Gasteiger partial charge >= 0.3 is 0 Å². The van der Waals surface area contributed by atoms with E-state index in [-0.39, 0.29) is 5.91 Å². The van der Waals surface area contributed by atoms with Crippen molar-refractivity contribution in [3.8, 4) is 0 Å². The summed E-state index contributed by atoms with van der Waals surface area (Å²) >= 11 is 0. The van der Waals surface area contributed by atoms with Crippen LogP contribution in [0.15, 0.2) is 24.4 Å². The van der Waals surface area contributed by atoms with Crippen LogP contribution < -0.4 is 5.73 Å². The van der Waals surface area contributed by atoms with Crippen molar-refractivity contribution in [2.24, 2.45) is 0 Å². The van der Waals surface area contributed by atoms with Crippen molar-refractivity contribution in [2.45, 2.75) is 33.9 Å². The molecule has 1 amide bonds. The molecule has 0 unspecified atom stereocenters. The standard InChI is InChI=1S/C15H21N5O/c1-4-19(10-12-8-6-7-9-17-12)15(21)14-13(16)11(3)18-20(14)5-2/h6-9H,4-5,10,16H2,1-3H3. The van der Waals surface area contributed by atoms with Gasteiger partial charge in [-0.25, -0.2) is 0 Å². The highest BCUT2D eigenvalue weighted by molar-refractivity contribution is 5.98. The van der Waals surface area contributed by atoms with Crippen LogP contribution in [0.5, 0.6) is 0 Å². The molecule has 2 aromatic rings. The van der Waals surface area contributed by atoms with Gasteiger partial charge in [0.1, 0.15) is 5.69 Å². The molecule has 0 saturated heterocycles. The summed E-state index contributed by atoms with van der Waals surface area (Å²) in [5.74, 6) is -0.108. The van der Waals surface area contributed by atoms with Crippen LogP contribution in [0.4, 0.5) is 5.69 Å². The molecule has 6 nitrogen and oxygen atoms in total. The van der Waals surface area contributed by atoms with Gasteiger partial charge in [-0.05, 0) is 32.9 Å². The molecule has 6 heteroatoms. The van der Waals surface area contributed by atoms with Crippen molar-refractivity contribution in [1.29, 1.82) is 0 Å². The van der Waals surface area contributed by atoms with E-state index in [9.17, 15) is 4.79 Å². The van der Waals surface area contributed by atoms with Crippen LogP contribution in [0.25, 0.3) is 0 Å². The molecule has 0 aliphatic carbocycles. The van der Waals surface area contributed by atoms with Crippen molar-refractivity contribution in [3.05, 3.63) is 41.5 Å². The SMILES string of the molecule is CCN(Cc1ccccn1)C(=O)c1c(N)c(C)nn1CC. The zero-order chi connectivity index (χ0) is 15.4. The molecule has 0 aromatic carbocycles. The molecule has 0 spiro atoms. The van der Waals surface area contributed by atoms with Crippen molar-refractivity contribution in [3.63, 3.8) is 0 Å². The van der Waals surface area contributed by atoms with Gasteiger partial charge in [-0.3, -0.25) is 14.5 Å². The maximum Gasteiger partial charge on any atom is 0.274 e. The summed E-state index contributed by atoms with van der Waals surface area (Å²) in [6.45, 7) is 7.36. The number of carbonyl (C=O) groups is 1. The molecule has 2 aromatic heterocycles. The van der Waals surface area contributed by atoms with E-state index in [4.69, 9.17) is 5.73 Å². The first-order valence-electron chi connectivity index (χ1n) is 7.10. The topological polar surface area (TPSA) is 77.0 Å². The lowest BCUT2D eigenvalue weighted by atomic mass is 10.2. The monoisotopic (exact) mass is 287 g/mol. The number of carbonyl (C=O) groups excluding carboxylic acids is 1. The average Bonchev–Trinajstić information content (AvgIpc) is 2.80. The number of anilines is 1. The zero-order valence-corrected chi connectivity index (χ0v) is 12.7. The van der Waals surface area contributed by atoms with Crippen LogP contribution in [0.2, 0.25) is 0 Å². The van der Waals surface area contributed by atoms with Crippen LogP contribution in [0, 0.1) is 6.92 Å². The lowest BCUT2D eigenvalue weighted by Crippen LogP contribution is -2.33. The highest BCUT2D eigenvalue weighted by Gasteiger charge is 2.23. The Kier molecular flexibility index (Phi) is 4.57. The third-order valence-corrected chi connectivity index (χ3v) is 3.42. The van der Waals surface area contributed by atoms with E-state index < -0.39 is 0 Å². The molecule has 2 rings (SSSR count).